The highest BCUT2D eigenvalue weighted by Crippen LogP contribution is 2.05. The molecule has 0 bridgehead atoms. The van der Waals surface area contributed by atoms with Crippen LogP contribution in [0.25, 0.3) is 0 Å². The van der Waals surface area contributed by atoms with Gasteiger partial charge in [-0.3, -0.25) is 4.79 Å². The third kappa shape index (κ3) is 4.13. The molecular formula is C12H18N2O. The Labute approximate surface area is 90.9 Å². The van der Waals surface area contributed by atoms with E-state index in [9.17, 15) is 4.79 Å². The number of carbonyl (C=O) groups is 1. The average molecular weight is 206 g/mol. The molecule has 0 spiro atoms. The van der Waals surface area contributed by atoms with E-state index in [2.05, 4.69) is 17.6 Å². The Morgan fingerprint density at radius 3 is 2.60 bits per heavy atom. The first-order valence-electron chi connectivity index (χ1n) is 5.33. The predicted molar refractivity (Wildman–Crippen MR) is 62.8 cm³/mol. The van der Waals surface area contributed by atoms with Gasteiger partial charge >= 0.3 is 0 Å². The third-order valence-corrected chi connectivity index (χ3v) is 2.14. The van der Waals surface area contributed by atoms with Crippen molar-refractivity contribution in [3.63, 3.8) is 0 Å². The van der Waals surface area contributed by atoms with Gasteiger partial charge in [0.25, 0.3) is 0 Å². The second kappa shape index (κ2) is 6.19. The maximum absolute atomic E-state index is 11.6. The maximum atomic E-state index is 11.6. The first-order chi connectivity index (χ1) is 7.24. The largest absolute Gasteiger partial charge is 0.325 e. The second-order valence-electron chi connectivity index (χ2n) is 3.53. The van der Waals surface area contributed by atoms with E-state index in [-0.39, 0.29) is 11.9 Å². The van der Waals surface area contributed by atoms with Gasteiger partial charge in [0.2, 0.25) is 5.91 Å². The molecule has 1 rings (SSSR count). The Balaban J connectivity index is 2.42. The summed E-state index contributed by atoms with van der Waals surface area (Å²) >= 11 is 0. The number of carbonyl (C=O) groups excluding carboxylic acids is 1. The Morgan fingerprint density at radius 1 is 1.33 bits per heavy atom. The van der Waals surface area contributed by atoms with Crippen molar-refractivity contribution in [2.24, 2.45) is 0 Å². The van der Waals surface area contributed by atoms with Crippen molar-refractivity contribution in [3.8, 4) is 0 Å². The van der Waals surface area contributed by atoms with E-state index in [1.807, 2.05) is 37.3 Å². The van der Waals surface area contributed by atoms with Crippen LogP contribution in [0, 0.1) is 0 Å². The van der Waals surface area contributed by atoms with Crippen LogP contribution < -0.4 is 10.6 Å². The zero-order valence-electron chi connectivity index (χ0n) is 9.29. The molecule has 0 fully saturated rings. The number of para-hydroxylation sites is 1. The monoisotopic (exact) mass is 206 g/mol. The smallest absolute Gasteiger partial charge is 0.241 e. The SMILES string of the molecule is CCCNC(C)C(=O)Nc1ccccc1. The molecule has 0 aliphatic rings. The zero-order chi connectivity index (χ0) is 11.1. The van der Waals surface area contributed by atoms with Crippen LogP contribution in [0.4, 0.5) is 5.69 Å². The molecule has 0 heterocycles. The topological polar surface area (TPSA) is 41.1 Å². The molecule has 3 heteroatoms. The molecule has 2 N–H and O–H groups in total. The third-order valence-electron chi connectivity index (χ3n) is 2.14. The summed E-state index contributed by atoms with van der Waals surface area (Å²) in [4.78, 5) is 11.6. The number of hydrogen-bond acceptors (Lipinski definition) is 2. The minimum Gasteiger partial charge on any atom is -0.325 e. The molecule has 0 aliphatic heterocycles. The van der Waals surface area contributed by atoms with Crippen molar-refractivity contribution < 1.29 is 4.79 Å². The summed E-state index contributed by atoms with van der Waals surface area (Å²) in [7, 11) is 0. The fourth-order valence-corrected chi connectivity index (χ4v) is 1.23. The molecule has 1 aromatic rings. The Bertz CT molecular complexity index is 298. The van der Waals surface area contributed by atoms with Gasteiger partial charge in [0.15, 0.2) is 0 Å². The zero-order valence-corrected chi connectivity index (χ0v) is 9.29. The van der Waals surface area contributed by atoms with Gasteiger partial charge in [0.1, 0.15) is 0 Å². The van der Waals surface area contributed by atoms with E-state index in [0.717, 1.165) is 18.7 Å². The number of amides is 1. The molecule has 82 valence electrons. The van der Waals surface area contributed by atoms with Crippen molar-refractivity contribution >= 4 is 11.6 Å². The lowest BCUT2D eigenvalue weighted by Crippen LogP contribution is -2.38. The minimum atomic E-state index is -0.148. The number of benzene rings is 1. The minimum absolute atomic E-state index is 0.00894. The predicted octanol–water partition coefficient (Wildman–Crippen LogP) is 2.01. The lowest BCUT2D eigenvalue weighted by molar-refractivity contribution is -0.117. The van der Waals surface area contributed by atoms with Crippen molar-refractivity contribution in [3.05, 3.63) is 30.3 Å². The van der Waals surface area contributed by atoms with Gasteiger partial charge in [-0.2, -0.15) is 0 Å². The van der Waals surface area contributed by atoms with Crippen molar-refractivity contribution in [2.75, 3.05) is 11.9 Å². The van der Waals surface area contributed by atoms with Crippen molar-refractivity contribution in [1.29, 1.82) is 0 Å². The van der Waals surface area contributed by atoms with Crippen molar-refractivity contribution in [1.82, 2.24) is 5.32 Å². The molecule has 0 saturated carbocycles. The molecule has 1 unspecified atom stereocenters. The van der Waals surface area contributed by atoms with Crippen LogP contribution in [-0.2, 0) is 4.79 Å². The van der Waals surface area contributed by atoms with Crippen LogP contribution in [-0.4, -0.2) is 18.5 Å². The molecule has 1 atom stereocenters. The van der Waals surface area contributed by atoms with Crippen LogP contribution in [0.15, 0.2) is 30.3 Å². The summed E-state index contributed by atoms with van der Waals surface area (Å²) < 4.78 is 0. The quantitative estimate of drug-likeness (QED) is 0.773. The molecule has 0 radical (unpaired) electrons. The van der Waals surface area contributed by atoms with Crippen LogP contribution in [0.1, 0.15) is 20.3 Å². The molecule has 3 nitrogen and oxygen atoms in total. The molecule has 1 amide bonds. The van der Waals surface area contributed by atoms with Gasteiger partial charge in [-0.05, 0) is 32.0 Å². The fraction of sp³-hybridized carbons (Fsp3) is 0.417. The second-order valence-corrected chi connectivity index (χ2v) is 3.53. The van der Waals surface area contributed by atoms with Gasteiger partial charge in [0, 0.05) is 5.69 Å². The van der Waals surface area contributed by atoms with E-state index in [1.54, 1.807) is 0 Å². The standard InChI is InChI=1S/C12H18N2O/c1-3-9-13-10(2)12(15)14-11-7-5-4-6-8-11/h4-8,10,13H,3,9H2,1-2H3,(H,14,15). The summed E-state index contributed by atoms with van der Waals surface area (Å²) in [6, 6.07) is 9.34. The number of nitrogens with one attached hydrogen (secondary N) is 2. The summed E-state index contributed by atoms with van der Waals surface area (Å²) in [5.74, 6) is 0.00894. The van der Waals surface area contributed by atoms with E-state index >= 15 is 0 Å². The molecule has 15 heavy (non-hydrogen) atoms. The Morgan fingerprint density at radius 2 is 2.00 bits per heavy atom. The van der Waals surface area contributed by atoms with E-state index in [1.165, 1.54) is 0 Å². The van der Waals surface area contributed by atoms with Gasteiger partial charge < -0.3 is 10.6 Å². The van der Waals surface area contributed by atoms with Gasteiger partial charge in [0.05, 0.1) is 6.04 Å². The van der Waals surface area contributed by atoms with Crippen LogP contribution in [0.2, 0.25) is 0 Å². The summed E-state index contributed by atoms with van der Waals surface area (Å²) in [6.45, 7) is 4.81. The summed E-state index contributed by atoms with van der Waals surface area (Å²) in [6.07, 6.45) is 1.03. The fourth-order valence-electron chi connectivity index (χ4n) is 1.23. The highest BCUT2D eigenvalue weighted by molar-refractivity contribution is 5.94. The van der Waals surface area contributed by atoms with Gasteiger partial charge in [-0.15, -0.1) is 0 Å². The molecule has 1 aromatic carbocycles. The molecular weight excluding hydrogens is 188 g/mol. The van der Waals surface area contributed by atoms with Crippen LogP contribution in [0.5, 0.6) is 0 Å². The lowest BCUT2D eigenvalue weighted by atomic mass is 10.2. The number of hydrogen-bond donors (Lipinski definition) is 2. The first-order valence-corrected chi connectivity index (χ1v) is 5.33. The first kappa shape index (κ1) is 11.7. The van der Waals surface area contributed by atoms with Crippen molar-refractivity contribution in [2.45, 2.75) is 26.3 Å². The van der Waals surface area contributed by atoms with Crippen LogP contribution in [0.3, 0.4) is 0 Å². The molecule has 0 aliphatic carbocycles. The molecule has 0 saturated heterocycles. The van der Waals surface area contributed by atoms with E-state index in [0.29, 0.717) is 0 Å². The Hall–Kier alpha value is -1.35. The number of anilines is 1. The highest BCUT2D eigenvalue weighted by Gasteiger charge is 2.10. The summed E-state index contributed by atoms with van der Waals surface area (Å²) in [5, 5.41) is 5.99. The highest BCUT2D eigenvalue weighted by atomic mass is 16.2. The normalized spacial score (nSPS) is 12.1. The van der Waals surface area contributed by atoms with E-state index in [4.69, 9.17) is 0 Å². The number of rotatable bonds is 5. The van der Waals surface area contributed by atoms with Crippen LogP contribution >= 0.6 is 0 Å². The van der Waals surface area contributed by atoms with E-state index < -0.39 is 0 Å². The Kier molecular flexibility index (Phi) is 4.84. The van der Waals surface area contributed by atoms with Gasteiger partial charge in [-0.25, -0.2) is 0 Å². The lowest BCUT2D eigenvalue weighted by Gasteiger charge is -2.13. The maximum Gasteiger partial charge on any atom is 0.241 e. The summed E-state index contributed by atoms with van der Waals surface area (Å²) in [5.41, 5.74) is 0.840. The van der Waals surface area contributed by atoms with Gasteiger partial charge in [-0.1, -0.05) is 25.1 Å². The molecule has 0 aromatic heterocycles. The average Bonchev–Trinajstić information content (AvgIpc) is 2.27.